The summed E-state index contributed by atoms with van der Waals surface area (Å²) in [6.45, 7) is 0.777. The van der Waals surface area contributed by atoms with Crippen LogP contribution in [0.1, 0.15) is 48.0 Å². The lowest BCUT2D eigenvalue weighted by Gasteiger charge is -2.16. The Balaban J connectivity index is 1.55. The normalized spacial score (nSPS) is 14.2. The number of alkyl halides is 3. The molecule has 0 radical (unpaired) electrons. The maximum absolute atomic E-state index is 13.5. The fourth-order valence-corrected chi connectivity index (χ4v) is 3.50. The second-order valence-corrected chi connectivity index (χ2v) is 7.59. The molecule has 3 rings (SSSR count). The third kappa shape index (κ3) is 6.98. The van der Waals surface area contributed by atoms with Gasteiger partial charge in [-0.2, -0.15) is 13.2 Å². The van der Waals surface area contributed by atoms with Gasteiger partial charge in [-0.1, -0.05) is 31.0 Å². The second-order valence-electron chi connectivity index (χ2n) is 7.59. The van der Waals surface area contributed by atoms with E-state index in [1.54, 1.807) is 30.3 Å². The highest BCUT2D eigenvalue weighted by atomic mass is 19.4. The number of carbonyl (C=O) groups excluding carboxylic acids is 2. The van der Waals surface area contributed by atoms with Gasteiger partial charge in [0.05, 0.1) is 17.4 Å². The van der Waals surface area contributed by atoms with E-state index in [1.165, 1.54) is 18.9 Å². The van der Waals surface area contributed by atoms with E-state index >= 15 is 0 Å². The summed E-state index contributed by atoms with van der Waals surface area (Å²) >= 11 is 0. The standard InChI is InChI=1S/C23H26F3N3O3/c24-23(25,26)19-15-17(28-21(30)16-7-2-1-3-8-16)11-12-20(19)29-22(31)27-13-6-14-32-18-9-4-5-10-18/h1-3,7-8,11-12,15,18H,4-6,9-10,13-14H2,(H,28,30)(H2,27,29,31). The van der Waals surface area contributed by atoms with Crippen molar-refractivity contribution in [1.29, 1.82) is 0 Å². The Labute approximate surface area is 184 Å². The van der Waals surface area contributed by atoms with Crippen molar-refractivity contribution < 1.29 is 27.5 Å². The van der Waals surface area contributed by atoms with Crippen LogP contribution in [0.25, 0.3) is 0 Å². The van der Waals surface area contributed by atoms with Gasteiger partial charge in [0.15, 0.2) is 0 Å². The number of amides is 3. The first-order valence-corrected chi connectivity index (χ1v) is 10.6. The van der Waals surface area contributed by atoms with Crippen molar-refractivity contribution in [3.63, 3.8) is 0 Å². The average Bonchev–Trinajstić information content (AvgIpc) is 3.28. The summed E-state index contributed by atoms with van der Waals surface area (Å²) in [5.74, 6) is -0.531. The molecule has 1 fully saturated rings. The first-order chi connectivity index (χ1) is 15.3. The van der Waals surface area contributed by atoms with Crippen LogP contribution in [0.5, 0.6) is 0 Å². The second kappa shape index (κ2) is 11.0. The van der Waals surface area contributed by atoms with Gasteiger partial charge >= 0.3 is 12.2 Å². The summed E-state index contributed by atoms with van der Waals surface area (Å²) in [6, 6.07) is 10.6. The summed E-state index contributed by atoms with van der Waals surface area (Å²) in [7, 11) is 0. The van der Waals surface area contributed by atoms with Gasteiger partial charge in [0.1, 0.15) is 0 Å². The first kappa shape index (κ1) is 23.6. The Hall–Kier alpha value is -3.07. The van der Waals surface area contributed by atoms with E-state index in [4.69, 9.17) is 4.74 Å². The predicted octanol–water partition coefficient (Wildman–Crippen LogP) is 5.43. The van der Waals surface area contributed by atoms with Crippen LogP contribution in [0.4, 0.5) is 29.3 Å². The number of urea groups is 1. The molecule has 6 nitrogen and oxygen atoms in total. The smallest absolute Gasteiger partial charge is 0.378 e. The van der Waals surface area contributed by atoms with Crippen LogP contribution < -0.4 is 16.0 Å². The largest absolute Gasteiger partial charge is 0.418 e. The summed E-state index contributed by atoms with van der Waals surface area (Å²) in [4.78, 5) is 24.3. The van der Waals surface area contributed by atoms with Crippen molar-refractivity contribution in [2.24, 2.45) is 0 Å². The van der Waals surface area contributed by atoms with E-state index in [1.807, 2.05) is 0 Å². The molecule has 0 spiro atoms. The average molecular weight is 449 g/mol. The zero-order chi connectivity index (χ0) is 23.0. The molecule has 3 amide bonds. The molecule has 0 unspecified atom stereocenters. The molecule has 1 saturated carbocycles. The maximum Gasteiger partial charge on any atom is 0.418 e. The molecule has 0 aromatic heterocycles. The number of anilines is 2. The molecule has 0 saturated heterocycles. The minimum absolute atomic E-state index is 0.0267. The number of ether oxygens (including phenoxy) is 1. The van der Waals surface area contributed by atoms with Crippen LogP contribution in [0, 0.1) is 0 Å². The van der Waals surface area contributed by atoms with Crippen molar-refractivity contribution in [2.75, 3.05) is 23.8 Å². The van der Waals surface area contributed by atoms with E-state index in [2.05, 4.69) is 16.0 Å². The highest BCUT2D eigenvalue weighted by Crippen LogP contribution is 2.36. The molecule has 0 heterocycles. The number of carbonyl (C=O) groups is 2. The number of hydrogen-bond donors (Lipinski definition) is 3. The Morgan fingerprint density at radius 3 is 2.41 bits per heavy atom. The van der Waals surface area contributed by atoms with Crippen LogP contribution in [-0.4, -0.2) is 31.2 Å². The lowest BCUT2D eigenvalue weighted by atomic mass is 10.1. The Morgan fingerprint density at radius 1 is 1.00 bits per heavy atom. The van der Waals surface area contributed by atoms with Gasteiger partial charge in [0.2, 0.25) is 0 Å². The molecule has 0 aliphatic heterocycles. The van der Waals surface area contributed by atoms with Crippen molar-refractivity contribution in [3.8, 4) is 0 Å². The topological polar surface area (TPSA) is 79.5 Å². The van der Waals surface area contributed by atoms with Gasteiger partial charge in [-0.15, -0.1) is 0 Å². The monoisotopic (exact) mass is 449 g/mol. The van der Waals surface area contributed by atoms with E-state index in [-0.39, 0.29) is 18.3 Å². The Bertz CT molecular complexity index is 914. The van der Waals surface area contributed by atoms with Crippen molar-refractivity contribution in [3.05, 3.63) is 59.7 Å². The van der Waals surface area contributed by atoms with E-state index in [9.17, 15) is 22.8 Å². The number of nitrogens with one attached hydrogen (secondary N) is 3. The molecule has 0 bridgehead atoms. The highest BCUT2D eigenvalue weighted by molar-refractivity contribution is 6.04. The zero-order valence-corrected chi connectivity index (χ0v) is 17.5. The summed E-state index contributed by atoms with van der Waals surface area (Å²) in [5, 5.41) is 7.22. The summed E-state index contributed by atoms with van der Waals surface area (Å²) in [5.41, 5.74) is -1.15. The van der Waals surface area contributed by atoms with E-state index in [0.29, 0.717) is 18.6 Å². The van der Waals surface area contributed by atoms with Crippen molar-refractivity contribution >= 4 is 23.3 Å². The fraction of sp³-hybridized carbons (Fsp3) is 0.391. The lowest BCUT2D eigenvalue weighted by molar-refractivity contribution is -0.136. The minimum atomic E-state index is -4.72. The highest BCUT2D eigenvalue weighted by Gasteiger charge is 2.34. The number of benzene rings is 2. The molecule has 32 heavy (non-hydrogen) atoms. The third-order valence-corrected chi connectivity index (χ3v) is 5.13. The fourth-order valence-electron chi connectivity index (χ4n) is 3.50. The quantitative estimate of drug-likeness (QED) is 0.470. The molecule has 2 aromatic carbocycles. The van der Waals surface area contributed by atoms with Gasteiger partial charge in [-0.3, -0.25) is 4.79 Å². The van der Waals surface area contributed by atoms with E-state index in [0.717, 1.165) is 25.0 Å². The van der Waals surface area contributed by atoms with Crippen LogP contribution in [-0.2, 0) is 10.9 Å². The number of hydrogen-bond acceptors (Lipinski definition) is 3. The minimum Gasteiger partial charge on any atom is -0.378 e. The van der Waals surface area contributed by atoms with Gasteiger partial charge in [-0.05, 0) is 49.6 Å². The third-order valence-electron chi connectivity index (χ3n) is 5.13. The van der Waals surface area contributed by atoms with Gasteiger partial charge < -0.3 is 20.7 Å². The van der Waals surface area contributed by atoms with Crippen LogP contribution in [0.3, 0.4) is 0 Å². The van der Waals surface area contributed by atoms with Crippen molar-refractivity contribution in [1.82, 2.24) is 5.32 Å². The maximum atomic E-state index is 13.5. The van der Waals surface area contributed by atoms with Gasteiger partial charge in [0, 0.05) is 24.4 Å². The molecule has 0 atom stereocenters. The summed E-state index contributed by atoms with van der Waals surface area (Å²) < 4.78 is 46.3. The summed E-state index contributed by atoms with van der Waals surface area (Å²) in [6.07, 6.45) is 0.569. The number of rotatable bonds is 8. The molecular weight excluding hydrogens is 423 g/mol. The molecule has 172 valence electrons. The van der Waals surface area contributed by atoms with E-state index < -0.39 is 29.4 Å². The molecule has 1 aliphatic carbocycles. The molecule has 1 aliphatic rings. The molecular formula is C23H26F3N3O3. The number of halogens is 3. The zero-order valence-electron chi connectivity index (χ0n) is 17.5. The van der Waals surface area contributed by atoms with Gasteiger partial charge in [-0.25, -0.2) is 4.79 Å². The molecule has 3 N–H and O–H groups in total. The molecule has 9 heteroatoms. The van der Waals surface area contributed by atoms with Crippen LogP contribution in [0.2, 0.25) is 0 Å². The van der Waals surface area contributed by atoms with Gasteiger partial charge in [0.25, 0.3) is 5.91 Å². The van der Waals surface area contributed by atoms with Crippen LogP contribution >= 0.6 is 0 Å². The Morgan fingerprint density at radius 2 is 1.72 bits per heavy atom. The lowest BCUT2D eigenvalue weighted by Crippen LogP contribution is -2.31. The SMILES string of the molecule is O=C(NCCCOC1CCCC1)Nc1ccc(NC(=O)c2ccccc2)cc1C(F)(F)F. The van der Waals surface area contributed by atoms with Crippen LogP contribution in [0.15, 0.2) is 48.5 Å². The molecule has 2 aromatic rings. The van der Waals surface area contributed by atoms with Crippen molar-refractivity contribution in [2.45, 2.75) is 44.4 Å². The Kier molecular flexibility index (Phi) is 8.10. The predicted molar refractivity (Wildman–Crippen MR) is 116 cm³/mol. The first-order valence-electron chi connectivity index (χ1n) is 10.6.